The normalized spacial score (nSPS) is 12.9. The summed E-state index contributed by atoms with van der Waals surface area (Å²) >= 11 is 3.42. The van der Waals surface area contributed by atoms with Gasteiger partial charge in [0.15, 0.2) is 0 Å². The molecule has 1 unspecified atom stereocenters. The minimum atomic E-state index is 0.0457. The third-order valence-electron chi connectivity index (χ3n) is 2.30. The molecule has 86 valence electrons. The average molecular weight is 254 g/mol. The van der Waals surface area contributed by atoms with Crippen LogP contribution in [0.5, 0.6) is 0 Å². The molecule has 0 aromatic carbocycles. The molecular weight excluding hydrogens is 240 g/mol. The van der Waals surface area contributed by atoms with Gasteiger partial charge in [0, 0.05) is 17.0 Å². The summed E-state index contributed by atoms with van der Waals surface area (Å²) in [6.45, 7) is 0. The lowest BCUT2D eigenvalue weighted by molar-refractivity contribution is 0.568. The van der Waals surface area contributed by atoms with Gasteiger partial charge in [0.05, 0.1) is 12.0 Å². The molecule has 2 aromatic heterocycles. The number of thiazole rings is 1. The van der Waals surface area contributed by atoms with E-state index in [0.29, 0.717) is 0 Å². The molecule has 5 heteroatoms. The largest absolute Gasteiger partial charge is 0.472 e. The lowest BCUT2D eigenvalue weighted by Crippen LogP contribution is -2.11. The molecule has 0 aliphatic heterocycles. The van der Waals surface area contributed by atoms with Gasteiger partial charge in [-0.2, -0.15) is 11.8 Å². The molecule has 2 N–H and O–H groups in total. The maximum atomic E-state index is 6.06. The Morgan fingerprint density at radius 3 is 3.19 bits per heavy atom. The summed E-state index contributed by atoms with van der Waals surface area (Å²) < 4.78 is 5.04. The van der Waals surface area contributed by atoms with E-state index in [0.717, 1.165) is 28.4 Å². The second-order valence-electron chi connectivity index (χ2n) is 3.48. The number of nitrogens with two attached hydrogens (primary N) is 1. The van der Waals surface area contributed by atoms with Crippen molar-refractivity contribution in [2.45, 2.75) is 12.5 Å². The molecule has 16 heavy (non-hydrogen) atoms. The van der Waals surface area contributed by atoms with Crippen LogP contribution in [0.1, 0.15) is 18.2 Å². The molecule has 0 radical (unpaired) electrons. The predicted octanol–water partition coefficient (Wildman–Crippen LogP) is 3.16. The van der Waals surface area contributed by atoms with Crippen molar-refractivity contribution >= 4 is 23.1 Å². The second-order valence-corrected chi connectivity index (χ2v) is 5.32. The fourth-order valence-electron chi connectivity index (χ4n) is 1.37. The fraction of sp³-hybridized carbons (Fsp3) is 0.364. The van der Waals surface area contributed by atoms with Crippen molar-refractivity contribution < 1.29 is 4.42 Å². The highest BCUT2D eigenvalue weighted by atomic mass is 32.2. The van der Waals surface area contributed by atoms with Crippen LogP contribution in [-0.4, -0.2) is 17.0 Å². The minimum Gasteiger partial charge on any atom is -0.472 e. The summed E-state index contributed by atoms with van der Waals surface area (Å²) in [7, 11) is 0. The van der Waals surface area contributed by atoms with Crippen LogP contribution in [-0.2, 0) is 0 Å². The molecule has 3 nitrogen and oxygen atoms in total. The zero-order valence-electron chi connectivity index (χ0n) is 9.05. The lowest BCUT2D eigenvalue weighted by Gasteiger charge is -2.06. The third kappa shape index (κ3) is 2.66. The Labute approximate surface area is 103 Å². The van der Waals surface area contributed by atoms with Gasteiger partial charge in [-0.25, -0.2) is 4.98 Å². The topological polar surface area (TPSA) is 52.0 Å². The molecule has 0 aliphatic carbocycles. The van der Waals surface area contributed by atoms with Crippen molar-refractivity contribution in [3.8, 4) is 10.6 Å². The molecular formula is C11H14N2OS2. The number of thioether (sulfide) groups is 1. The number of rotatable bonds is 5. The highest BCUT2D eigenvalue weighted by Gasteiger charge is 2.11. The van der Waals surface area contributed by atoms with Crippen LogP contribution in [0, 0.1) is 0 Å². The van der Waals surface area contributed by atoms with E-state index in [1.54, 1.807) is 23.9 Å². The Balaban J connectivity index is 2.07. The van der Waals surface area contributed by atoms with Crippen LogP contribution in [0.25, 0.3) is 10.6 Å². The number of hydrogen-bond donors (Lipinski definition) is 1. The van der Waals surface area contributed by atoms with E-state index in [9.17, 15) is 0 Å². The second kappa shape index (κ2) is 5.52. The molecule has 2 rings (SSSR count). The van der Waals surface area contributed by atoms with E-state index in [4.69, 9.17) is 10.2 Å². The van der Waals surface area contributed by atoms with Gasteiger partial charge < -0.3 is 10.2 Å². The first-order valence-corrected chi connectivity index (χ1v) is 7.31. The highest BCUT2D eigenvalue weighted by Crippen LogP contribution is 2.27. The maximum absolute atomic E-state index is 6.06. The van der Waals surface area contributed by atoms with Crippen LogP contribution in [0.15, 0.2) is 28.4 Å². The molecule has 2 aromatic rings. The maximum Gasteiger partial charge on any atom is 0.126 e. The van der Waals surface area contributed by atoms with Gasteiger partial charge in [-0.05, 0) is 24.5 Å². The van der Waals surface area contributed by atoms with E-state index in [2.05, 4.69) is 11.2 Å². The molecule has 0 bridgehead atoms. The molecule has 0 spiro atoms. The van der Waals surface area contributed by atoms with Crippen LogP contribution in [0.4, 0.5) is 0 Å². The summed E-state index contributed by atoms with van der Waals surface area (Å²) in [6.07, 6.45) is 6.42. The first-order valence-electron chi connectivity index (χ1n) is 5.03. The average Bonchev–Trinajstić information content (AvgIpc) is 2.94. The Bertz CT molecular complexity index is 425. The van der Waals surface area contributed by atoms with Crippen molar-refractivity contribution in [2.75, 3.05) is 12.0 Å². The molecule has 0 aliphatic rings. The predicted molar refractivity (Wildman–Crippen MR) is 69.7 cm³/mol. The smallest absolute Gasteiger partial charge is 0.126 e. The third-order valence-corrected chi connectivity index (χ3v) is 3.86. The van der Waals surface area contributed by atoms with Crippen LogP contribution in [0.3, 0.4) is 0 Å². The van der Waals surface area contributed by atoms with E-state index >= 15 is 0 Å². The van der Waals surface area contributed by atoms with Gasteiger partial charge in [-0.1, -0.05) is 0 Å². The molecule has 0 saturated carbocycles. The van der Waals surface area contributed by atoms with Crippen LogP contribution < -0.4 is 5.73 Å². The molecule has 0 saturated heterocycles. The lowest BCUT2D eigenvalue weighted by atomic mass is 10.2. The van der Waals surface area contributed by atoms with Crippen molar-refractivity contribution in [3.63, 3.8) is 0 Å². The quantitative estimate of drug-likeness (QED) is 0.890. The number of nitrogens with zero attached hydrogens (tertiary/aromatic N) is 1. The SMILES string of the molecule is CSCCC(N)c1csc(-c2ccoc2)n1. The molecule has 0 fully saturated rings. The summed E-state index contributed by atoms with van der Waals surface area (Å²) in [4.78, 5) is 4.53. The fourth-order valence-corrected chi connectivity index (χ4v) is 2.73. The molecule has 0 amide bonds. The summed E-state index contributed by atoms with van der Waals surface area (Å²) in [6, 6.07) is 1.96. The van der Waals surface area contributed by atoms with E-state index in [-0.39, 0.29) is 6.04 Å². The Hall–Kier alpha value is -0.780. The van der Waals surface area contributed by atoms with E-state index < -0.39 is 0 Å². The summed E-state index contributed by atoms with van der Waals surface area (Å²) in [5.74, 6) is 1.07. The Morgan fingerprint density at radius 1 is 1.62 bits per heavy atom. The van der Waals surface area contributed by atoms with Crippen molar-refractivity contribution in [2.24, 2.45) is 5.73 Å². The van der Waals surface area contributed by atoms with Gasteiger partial charge in [0.25, 0.3) is 0 Å². The van der Waals surface area contributed by atoms with Crippen LogP contribution in [0.2, 0.25) is 0 Å². The first-order chi connectivity index (χ1) is 7.81. The van der Waals surface area contributed by atoms with Gasteiger partial charge >= 0.3 is 0 Å². The van der Waals surface area contributed by atoms with Gasteiger partial charge in [0.1, 0.15) is 11.3 Å². The standard InChI is InChI=1S/C11H14N2OS2/c1-15-5-3-9(12)10-7-16-11(13-10)8-2-4-14-6-8/h2,4,6-7,9H,3,5,12H2,1H3. The van der Waals surface area contributed by atoms with E-state index in [1.165, 1.54) is 0 Å². The first kappa shape index (κ1) is 11.7. The number of aromatic nitrogens is 1. The van der Waals surface area contributed by atoms with E-state index in [1.807, 2.05) is 23.2 Å². The van der Waals surface area contributed by atoms with Crippen molar-refractivity contribution in [1.29, 1.82) is 0 Å². The monoisotopic (exact) mass is 254 g/mol. The highest BCUT2D eigenvalue weighted by molar-refractivity contribution is 7.98. The zero-order valence-corrected chi connectivity index (χ0v) is 10.7. The van der Waals surface area contributed by atoms with Crippen molar-refractivity contribution in [3.05, 3.63) is 29.7 Å². The Morgan fingerprint density at radius 2 is 2.50 bits per heavy atom. The van der Waals surface area contributed by atoms with Gasteiger partial charge in [-0.3, -0.25) is 0 Å². The van der Waals surface area contributed by atoms with Gasteiger partial charge in [-0.15, -0.1) is 11.3 Å². The molecule has 1 atom stereocenters. The summed E-state index contributed by atoms with van der Waals surface area (Å²) in [5.41, 5.74) is 8.06. The Kier molecular flexibility index (Phi) is 4.04. The zero-order chi connectivity index (χ0) is 11.4. The minimum absolute atomic E-state index is 0.0457. The molecule has 2 heterocycles. The number of hydrogen-bond acceptors (Lipinski definition) is 5. The number of furan rings is 1. The van der Waals surface area contributed by atoms with Crippen molar-refractivity contribution in [1.82, 2.24) is 4.98 Å². The van der Waals surface area contributed by atoms with Crippen LogP contribution >= 0.6 is 23.1 Å². The summed E-state index contributed by atoms with van der Waals surface area (Å²) in [5, 5.41) is 3.01. The van der Waals surface area contributed by atoms with Gasteiger partial charge in [0.2, 0.25) is 0 Å².